The molecule has 0 aliphatic carbocycles. The summed E-state index contributed by atoms with van der Waals surface area (Å²) in [6.45, 7) is 4.91. The highest BCUT2D eigenvalue weighted by atomic mass is 32.2. The Bertz CT molecular complexity index is 477. The SMILES string of the molecule is Cc1ccc(NC(=O)CSCC(=O)NCCN)cc1C. The summed E-state index contributed by atoms with van der Waals surface area (Å²) in [5, 5.41) is 5.47. The van der Waals surface area contributed by atoms with E-state index in [0.717, 1.165) is 11.3 Å². The van der Waals surface area contributed by atoms with Crippen molar-refractivity contribution < 1.29 is 9.59 Å². The maximum atomic E-state index is 11.7. The van der Waals surface area contributed by atoms with Crippen LogP contribution in [0.4, 0.5) is 5.69 Å². The summed E-state index contributed by atoms with van der Waals surface area (Å²) in [5.74, 6) is 0.313. The molecule has 4 N–H and O–H groups in total. The van der Waals surface area contributed by atoms with Crippen molar-refractivity contribution in [2.45, 2.75) is 13.8 Å². The predicted molar refractivity (Wildman–Crippen MR) is 83.9 cm³/mol. The smallest absolute Gasteiger partial charge is 0.234 e. The second kappa shape index (κ2) is 8.60. The minimum absolute atomic E-state index is 0.0977. The maximum Gasteiger partial charge on any atom is 0.234 e. The average Bonchev–Trinajstić information content (AvgIpc) is 2.40. The van der Waals surface area contributed by atoms with Crippen molar-refractivity contribution in [1.82, 2.24) is 5.32 Å². The number of hydrogen-bond acceptors (Lipinski definition) is 4. The second-order valence-corrected chi connectivity index (χ2v) is 5.46. The standard InChI is InChI=1S/C14H21N3O2S/c1-10-3-4-12(7-11(10)2)17-14(19)9-20-8-13(18)16-6-5-15/h3-4,7H,5-6,8-9,15H2,1-2H3,(H,16,18)(H,17,19). The Morgan fingerprint density at radius 1 is 1.15 bits per heavy atom. The molecule has 0 aromatic heterocycles. The molecule has 0 atom stereocenters. The Morgan fingerprint density at radius 2 is 1.85 bits per heavy atom. The zero-order valence-electron chi connectivity index (χ0n) is 11.9. The third-order valence-electron chi connectivity index (χ3n) is 2.72. The molecule has 0 aliphatic rings. The molecule has 0 saturated heterocycles. The van der Waals surface area contributed by atoms with Crippen LogP contribution in [-0.2, 0) is 9.59 Å². The van der Waals surface area contributed by atoms with Crippen LogP contribution in [0.2, 0.25) is 0 Å². The molecule has 0 aliphatic heterocycles. The number of benzene rings is 1. The molecule has 1 rings (SSSR count). The highest BCUT2D eigenvalue weighted by Gasteiger charge is 2.06. The van der Waals surface area contributed by atoms with Gasteiger partial charge in [0.1, 0.15) is 0 Å². The van der Waals surface area contributed by atoms with E-state index in [2.05, 4.69) is 10.6 Å². The number of anilines is 1. The first-order chi connectivity index (χ1) is 9.52. The fourth-order valence-corrected chi connectivity index (χ4v) is 2.16. The van der Waals surface area contributed by atoms with E-state index < -0.39 is 0 Å². The first-order valence-electron chi connectivity index (χ1n) is 6.44. The van der Waals surface area contributed by atoms with Crippen LogP contribution in [0.1, 0.15) is 11.1 Å². The normalized spacial score (nSPS) is 10.2. The third kappa shape index (κ3) is 6.08. The Morgan fingerprint density at radius 3 is 2.50 bits per heavy atom. The Balaban J connectivity index is 2.29. The van der Waals surface area contributed by atoms with Crippen LogP contribution in [0.3, 0.4) is 0 Å². The molecule has 20 heavy (non-hydrogen) atoms. The number of aryl methyl sites for hydroxylation is 2. The number of hydrogen-bond donors (Lipinski definition) is 3. The summed E-state index contributed by atoms with van der Waals surface area (Å²) in [4.78, 5) is 23.0. The monoisotopic (exact) mass is 295 g/mol. The van der Waals surface area contributed by atoms with Crippen LogP contribution in [-0.4, -0.2) is 36.4 Å². The van der Waals surface area contributed by atoms with Gasteiger partial charge in [0.25, 0.3) is 0 Å². The third-order valence-corrected chi connectivity index (χ3v) is 3.66. The van der Waals surface area contributed by atoms with Crippen molar-refractivity contribution in [1.29, 1.82) is 0 Å². The number of carbonyl (C=O) groups is 2. The molecule has 0 unspecified atom stereocenters. The lowest BCUT2D eigenvalue weighted by molar-refractivity contribution is -0.118. The van der Waals surface area contributed by atoms with Crippen LogP contribution in [0, 0.1) is 13.8 Å². The molecule has 0 radical (unpaired) electrons. The van der Waals surface area contributed by atoms with Crippen LogP contribution in [0.5, 0.6) is 0 Å². The minimum atomic E-state index is -0.107. The van der Waals surface area contributed by atoms with E-state index in [4.69, 9.17) is 5.73 Å². The number of nitrogens with two attached hydrogens (primary N) is 1. The first kappa shape index (κ1) is 16.5. The highest BCUT2D eigenvalue weighted by molar-refractivity contribution is 8.00. The molecular weight excluding hydrogens is 274 g/mol. The Labute approximate surface area is 123 Å². The van der Waals surface area contributed by atoms with Crippen molar-refractivity contribution >= 4 is 29.3 Å². The fourth-order valence-electron chi connectivity index (χ4n) is 1.52. The summed E-state index contributed by atoms with van der Waals surface area (Å²) < 4.78 is 0. The second-order valence-electron chi connectivity index (χ2n) is 4.48. The molecule has 2 amide bonds. The molecule has 0 saturated carbocycles. The van der Waals surface area contributed by atoms with Gasteiger partial charge in [0, 0.05) is 18.8 Å². The van der Waals surface area contributed by atoms with E-state index in [9.17, 15) is 9.59 Å². The molecule has 6 heteroatoms. The lowest BCUT2D eigenvalue weighted by Gasteiger charge is -2.07. The van der Waals surface area contributed by atoms with E-state index in [1.54, 1.807) is 0 Å². The number of thioether (sulfide) groups is 1. The summed E-state index contributed by atoms with van der Waals surface area (Å²) in [7, 11) is 0. The van der Waals surface area contributed by atoms with Gasteiger partial charge in [-0.25, -0.2) is 0 Å². The minimum Gasteiger partial charge on any atom is -0.354 e. The Hall–Kier alpha value is -1.53. The number of amides is 2. The van der Waals surface area contributed by atoms with Gasteiger partial charge in [0.05, 0.1) is 11.5 Å². The lowest BCUT2D eigenvalue weighted by Crippen LogP contribution is -2.30. The van der Waals surface area contributed by atoms with Crippen LogP contribution < -0.4 is 16.4 Å². The average molecular weight is 295 g/mol. The molecule has 0 fully saturated rings. The van der Waals surface area contributed by atoms with Crippen LogP contribution >= 0.6 is 11.8 Å². The number of carbonyl (C=O) groups excluding carboxylic acids is 2. The largest absolute Gasteiger partial charge is 0.354 e. The van der Waals surface area contributed by atoms with Gasteiger partial charge in [-0.05, 0) is 37.1 Å². The van der Waals surface area contributed by atoms with Gasteiger partial charge in [0.15, 0.2) is 0 Å². The number of rotatable bonds is 7. The Kier molecular flexibility index (Phi) is 7.11. The van der Waals surface area contributed by atoms with Gasteiger partial charge in [-0.15, -0.1) is 11.8 Å². The zero-order valence-corrected chi connectivity index (χ0v) is 12.7. The maximum absolute atomic E-state index is 11.7. The molecule has 5 nitrogen and oxygen atoms in total. The highest BCUT2D eigenvalue weighted by Crippen LogP contribution is 2.14. The van der Waals surface area contributed by atoms with Crippen molar-refractivity contribution in [3.8, 4) is 0 Å². The van der Waals surface area contributed by atoms with E-state index in [1.807, 2.05) is 32.0 Å². The van der Waals surface area contributed by atoms with Crippen molar-refractivity contribution in [2.24, 2.45) is 5.73 Å². The van der Waals surface area contributed by atoms with Gasteiger partial charge < -0.3 is 16.4 Å². The lowest BCUT2D eigenvalue weighted by atomic mass is 10.1. The molecule has 0 heterocycles. The fraction of sp³-hybridized carbons (Fsp3) is 0.429. The van der Waals surface area contributed by atoms with Crippen molar-refractivity contribution in [3.05, 3.63) is 29.3 Å². The van der Waals surface area contributed by atoms with Gasteiger partial charge in [-0.2, -0.15) is 0 Å². The van der Waals surface area contributed by atoms with Crippen LogP contribution in [0.15, 0.2) is 18.2 Å². The molecule has 110 valence electrons. The van der Waals surface area contributed by atoms with Crippen molar-refractivity contribution in [2.75, 3.05) is 29.9 Å². The van der Waals surface area contributed by atoms with E-state index in [1.165, 1.54) is 17.3 Å². The molecule has 1 aromatic rings. The molecule has 0 bridgehead atoms. The van der Waals surface area contributed by atoms with Gasteiger partial charge in [-0.3, -0.25) is 9.59 Å². The van der Waals surface area contributed by atoms with Crippen LogP contribution in [0.25, 0.3) is 0 Å². The van der Waals surface area contributed by atoms with E-state index in [0.29, 0.717) is 13.1 Å². The topological polar surface area (TPSA) is 84.2 Å². The molecule has 0 spiro atoms. The molecule has 1 aromatic carbocycles. The van der Waals surface area contributed by atoms with E-state index in [-0.39, 0.29) is 23.3 Å². The molecular formula is C14H21N3O2S. The summed E-state index contributed by atoms with van der Waals surface area (Å²) in [5.41, 5.74) is 8.38. The van der Waals surface area contributed by atoms with Gasteiger partial charge >= 0.3 is 0 Å². The summed E-state index contributed by atoms with van der Waals surface area (Å²) in [6, 6.07) is 5.78. The summed E-state index contributed by atoms with van der Waals surface area (Å²) >= 11 is 1.28. The quantitative estimate of drug-likeness (QED) is 0.702. The van der Waals surface area contributed by atoms with E-state index >= 15 is 0 Å². The van der Waals surface area contributed by atoms with Gasteiger partial charge in [-0.1, -0.05) is 6.07 Å². The van der Waals surface area contributed by atoms with Crippen molar-refractivity contribution in [3.63, 3.8) is 0 Å². The zero-order chi connectivity index (χ0) is 15.0. The summed E-state index contributed by atoms with van der Waals surface area (Å²) in [6.07, 6.45) is 0. The van der Waals surface area contributed by atoms with Gasteiger partial charge in [0.2, 0.25) is 11.8 Å². The first-order valence-corrected chi connectivity index (χ1v) is 7.60. The number of nitrogens with one attached hydrogen (secondary N) is 2. The predicted octanol–water partition coefficient (Wildman–Crippen LogP) is 1.05.